The van der Waals surface area contributed by atoms with Gasteiger partial charge in [0.25, 0.3) is 0 Å². The predicted octanol–water partition coefficient (Wildman–Crippen LogP) is 2.65. The molecule has 24 heavy (non-hydrogen) atoms. The highest BCUT2D eigenvalue weighted by atomic mass is 32.2. The summed E-state index contributed by atoms with van der Waals surface area (Å²) in [6, 6.07) is 10.4. The molecule has 3 rings (SSSR count). The lowest BCUT2D eigenvalue weighted by Crippen LogP contribution is -2.03. The van der Waals surface area contributed by atoms with Gasteiger partial charge in [0.05, 0.1) is 5.56 Å². The van der Waals surface area contributed by atoms with Crippen LogP contribution in [0.5, 0.6) is 5.75 Å². The minimum Gasteiger partial charge on any atom is -0.508 e. The minimum absolute atomic E-state index is 0.0175. The van der Waals surface area contributed by atoms with Crippen LogP contribution in [0.25, 0.3) is 11.1 Å². The minimum atomic E-state index is 0.0175. The Balaban J connectivity index is 2.28. The summed E-state index contributed by atoms with van der Waals surface area (Å²) in [7, 11) is 0. The molecule has 0 saturated carbocycles. The first kappa shape index (κ1) is 15.4. The second kappa shape index (κ2) is 6.32. The number of phenolic OH excluding ortho intramolecular Hbond substituents is 1. The van der Waals surface area contributed by atoms with E-state index < -0.39 is 0 Å². The van der Waals surface area contributed by atoms with Crippen LogP contribution in [0.4, 0.5) is 5.82 Å². The summed E-state index contributed by atoms with van der Waals surface area (Å²) in [6.45, 7) is 0. The van der Waals surface area contributed by atoms with Crippen LogP contribution < -0.4 is 5.73 Å². The average molecular weight is 334 g/mol. The molecule has 3 aromatic rings. The molecule has 4 N–H and O–H groups in total. The number of nitrogens with one attached hydrogen (secondary N) is 1. The third kappa shape index (κ3) is 2.74. The summed E-state index contributed by atoms with van der Waals surface area (Å²) in [6.07, 6.45) is 3.23. The van der Waals surface area contributed by atoms with Crippen molar-refractivity contribution in [2.45, 2.75) is 10.2 Å². The molecule has 2 heterocycles. The van der Waals surface area contributed by atoms with Crippen LogP contribution >= 0.6 is 11.8 Å². The molecule has 0 saturated heterocycles. The number of imidazole rings is 1. The van der Waals surface area contributed by atoms with Gasteiger partial charge in [-0.05, 0) is 29.5 Å². The molecule has 8 heteroatoms. The van der Waals surface area contributed by atoms with E-state index >= 15 is 0 Å². The van der Waals surface area contributed by atoms with Crippen molar-refractivity contribution < 1.29 is 5.11 Å². The van der Waals surface area contributed by atoms with Crippen LogP contribution in [0.15, 0.2) is 46.8 Å². The molecule has 0 aliphatic rings. The molecule has 0 aliphatic heterocycles. The van der Waals surface area contributed by atoms with E-state index in [-0.39, 0.29) is 22.7 Å². The number of H-pyrrole nitrogens is 1. The fourth-order valence-corrected chi connectivity index (χ4v) is 3.04. The number of benzene rings is 1. The number of nitrogens with two attached hydrogens (primary N) is 1. The summed E-state index contributed by atoms with van der Waals surface area (Å²) < 4.78 is 0. The molecular formula is C16H10N6OS. The van der Waals surface area contributed by atoms with Crippen LogP contribution in [0.1, 0.15) is 11.1 Å². The Morgan fingerprint density at radius 1 is 1.21 bits per heavy atom. The molecule has 0 aliphatic carbocycles. The predicted molar refractivity (Wildman–Crippen MR) is 87.9 cm³/mol. The first-order chi connectivity index (χ1) is 11.6. The quantitative estimate of drug-likeness (QED) is 0.670. The van der Waals surface area contributed by atoms with Gasteiger partial charge in [-0.1, -0.05) is 12.1 Å². The number of aromatic nitrogens is 3. The summed E-state index contributed by atoms with van der Waals surface area (Å²) >= 11 is 1.14. The zero-order valence-electron chi connectivity index (χ0n) is 12.2. The van der Waals surface area contributed by atoms with Crippen LogP contribution in [-0.2, 0) is 0 Å². The number of nitriles is 2. The molecule has 0 amide bonds. The number of nitrogens with zero attached hydrogens (tertiary/aromatic N) is 4. The van der Waals surface area contributed by atoms with Crippen molar-refractivity contribution in [3.8, 4) is 29.0 Å². The molecule has 0 bridgehead atoms. The molecular weight excluding hydrogens is 324 g/mol. The van der Waals surface area contributed by atoms with Gasteiger partial charge in [0.15, 0.2) is 5.16 Å². The Morgan fingerprint density at radius 2 is 2.00 bits per heavy atom. The Bertz CT molecular complexity index is 985. The number of nitrogen functional groups attached to an aromatic ring is 1. The number of hydrogen-bond donors (Lipinski definition) is 3. The summed E-state index contributed by atoms with van der Waals surface area (Å²) in [5.41, 5.74) is 7.07. The zero-order chi connectivity index (χ0) is 17.1. The standard InChI is InChI=1S/C16H10N6OS/c17-7-11-13(9-2-1-3-10(23)6-9)12(8-18)15(22-14(11)19)24-16-20-4-5-21-16/h1-6,23H,(H2,19,22)(H,20,21). The Kier molecular flexibility index (Phi) is 4.06. The molecule has 0 radical (unpaired) electrons. The highest BCUT2D eigenvalue weighted by Gasteiger charge is 2.21. The Morgan fingerprint density at radius 3 is 2.62 bits per heavy atom. The molecule has 0 spiro atoms. The lowest BCUT2D eigenvalue weighted by atomic mass is 9.97. The topological polar surface area (TPSA) is 135 Å². The van der Waals surface area contributed by atoms with E-state index in [1.165, 1.54) is 12.1 Å². The van der Waals surface area contributed by atoms with Crippen molar-refractivity contribution in [2.24, 2.45) is 0 Å². The third-order valence-electron chi connectivity index (χ3n) is 3.22. The second-order valence-electron chi connectivity index (χ2n) is 4.70. The van der Waals surface area contributed by atoms with Crippen molar-refractivity contribution in [3.63, 3.8) is 0 Å². The van der Waals surface area contributed by atoms with Crippen LogP contribution in [0.3, 0.4) is 0 Å². The number of hydrogen-bond acceptors (Lipinski definition) is 7. The number of aromatic hydroxyl groups is 1. The van der Waals surface area contributed by atoms with Gasteiger partial charge < -0.3 is 15.8 Å². The maximum atomic E-state index is 9.71. The summed E-state index contributed by atoms with van der Waals surface area (Å²) in [5, 5.41) is 29.6. The molecule has 2 aromatic heterocycles. The van der Waals surface area contributed by atoms with Crippen molar-refractivity contribution >= 4 is 17.6 Å². The van der Waals surface area contributed by atoms with E-state index in [0.717, 1.165) is 11.8 Å². The van der Waals surface area contributed by atoms with Gasteiger partial charge in [-0.3, -0.25) is 0 Å². The van der Waals surface area contributed by atoms with Gasteiger partial charge in [-0.15, -0.1) is 0 Å². The molecule has 0 unspecified atom stereocenters. The van der Waals surface area contributed by atoms with Crippen molar-refractivity contribution in [2.75, 3.05) is 5.73 Å². The largest absolute Gasteiger partial charge is 0.508 e. The lowest BCUT2D eigenvalue weighted by Gasteiger charge is -2.12. The van der Waals surface area contributed by atoms with E-state index in [0.29, 0.717) is 21.3 Å². The van der Waals surface area contributed by atoms with Gasteiger partial charge in [-0.2, -0.15) is 10.5 Å². The third-order valence-corrected chi connectivity index (χ3v) is 4.12. The van der Waals surface area contributed by atoms with E-state index in [2.05, 4.69) is 21.0 Å². The van der Waals surface area contributed by atoms with E-state index in [4.69, 9.17) is 5.73 Å². The fourth-order valence-electron chi connectivity index (χ4n) is 2.22. The highest BCUT2D eigenvalue weighted by molar-refractivity contribution is 7.99. The molecule has 1 aromatic carbocycles. The summed E-state index contributed by atoms with van der Waals surface area (Å²) in [4.78, 5) is 11.2. The SMILES string of the molecule is N#Cc1c(N)nc(Sc2ncc[nH]2)c(C#N)c1-c1cccc(O)c1. The van der Waals surface area contributed by atoms with Gasteiger partial charge in [0, 0.05) is 18.0 Å². The van der Waals surface area contributed by atoms with Gasteiger partial charge in [0.1, 0.15) is 34.3 Å². The molecule has 0 atom stereocenters. The molecule has 116 valence electrons. The van der Waals surface area contributed by atoms with E-state index in [1.807, 2.05) is 6.07 Å². The maximum absolute atomic E-state index is 9.71. The van der Waals surface area contributed by atoms with Crippen LogP contribution in [0, 0.1) is 22.7 Å². The maximum Gasteiger partial charge on any atom is 0.171 e. The van der Waals surface area contributed by atoms with Crippen LogP contribution in [-0.4, -0.2) is 20.1 Å². The Hall–Kier alpha value is -3.49. The smallest absolute Gasteiger partial charge is 0.171 e. The van der Waals surface area contributed by atoms with E-state index in [1.54, 1.807) is 24.5 Å². The monoisotopic (exact) mass is 334 g/mol. The first-order valence-electron chi connectivity index (χ1n) is 6.74. The highest BCUT2D eigenvalue weighted by Crippen LogP contribution is 2.37. The first-order valence-corrected chi connectivity index (χ1v) is 7.56. The van der Waals surface area contributed by atoms with Crippen molar-refractivity contribution in [1.29, 1.82) is 10.5 Å². The number of anilines is 1. The van der Waals surface area contributed by atoms with Gasteiger partial charge >= 0.3 is 0 Å². The second-order valence-corrected chi connectivity index (χ2v) is 5.68. The zero-order valence-corrected chi connectivity index (χ0v) is 13.0. The van der Waals surface area contributed by atoms with E-state index in [9.17, 15) is 15.6 Å². The molecule has 0 fully saturated rings. The number of rotatable bonds is 3. The van der Waals surface area contributed by atoms with Crippen molar-refractivity contribution in [1.82, 2.24) is 15.0 Å². The lowest BCUT2D eigenvalue weighted by molar-refractivity contribution is 0.475. The average Bonchev–Trinajstić information content (AvgIpc) is 3.07. The number of aromatic amines is 1. The fraction of sp³-hybridized carbons (Fsp3) is 0. The van der Waals surface area contributed by atoms with Gasteiger partial charge in [0.2, 0.25) is 0 Å². The number of pyridine rings is 1. The van der Waals surface area contributed by atoms with Crippen molar-refractivity contribution in [3.05, 3.63) is 47.8 Å². The molecule has 7 nitrogen and oxygen atoms in total. The number of phenols is 1. The van der Waals surface area contributed by atoms with Gasteiger partial charge in [-0.25, -0.2) is 9.97 Å². The Labute approximate surface area is 141 Å². The normalized spacial score (nSPS) is 10.1. The van der Waals surface area contributed by atoms with Crippen LogP contribution in [0.2, 0.25) is 0 Å². The summed E-state index contributed by atoms with van der Waals surface area (Å²) in [5.74, 6) is 0.0415.